The molecule has 2 N–H and O–H groups in total. The predicted octanol–water partition coefficient (Wildman–Crippen LogP) is 4.55. The minimum absolute atomic E-state index is 0.135. The molecule has 2 nitrogen and oxygen atoms in total. The van der Waals surface area contributed by atoms with E-state index in [1.807, 2.05) is 24.3 Å². The highest BCUT2D eigenvalue weighted by molar-refractivity contribution is 9.10. The fraction of sp³-hybridized carbons (Fsp3) is 0.200. The molecule has 0 bridgehead atoms. The summed E-state index contributed by atoms with van der Waals surface area (Å²) in [5.41, 5.74) is 5.72. The molecule has 0 aliphatic heterocycles. The Morgan fingerprint density at radius 1 is 1.10 bits per heavy atom. The van der Waals surface area contributed by atoms with E-state index in [1.165, 1.54) is 12.1 Å². The highest BCUT2D eigenvalue weighted by atomic mass is 79.9. The van der Waals surface area contributed by atoms with Crippen molar-refractivity contribution in [2.75, 3.05) is 6.54 Å². The maximum atomic E-state index is 12.7. The van der Waals surface area contributed by atoms with Crippen LogP contribution in [0.1, 0.15) is 17.2 Å². The van der Waals surface area contributed by atoms with Gasteiger partial charge in [-0.2, -0.15) is 13.2 Å². The lowest BCUT2D eigenvalue weighted by molar-refractivity contribution is -0.137. The van der Waals surface area contributed by atoms with Gasteiger partial charge in [-0.25, -0.2) is 0 Å². The SMILES string of the molecule is NCC(Oc1cccc(C(F)(F)F)c1)c1ccccc1Br. The van der Waals surface area contributed by atoms with Gasteiger partial charge in [-0.15, -0.1) is 0 Å². The third kappa shape index (κ3) is 3.98. The predicted molar refractivity (Wildman–Crippen MR) is 78.0 cm³/mol. The number of alkyl halides is 3. The van der Waals surface area contributed by atoms with Crippen LogP contribution in [0.25, 0.3) is 0 Å². The summed E-state index contributed by atoms with van der Waals surface area (Å²) in [7, 11) is 0. The number of ether oxygens (including phenoxy) is 1. The highest BCUT2D eigenvalue weighted by Gasteiger charge is 2.30. The summed E-state index contributed by atoms with van der Waals surface area (Å²) >= 11 is 3.38. The standard InChI is InChI=1S/C15H13BrF3NO/c16-13-7-2-1-6-12(13)14(9-20)21-11-5-3-4-10(8-11)15(17,18)19/h1-8,14H,9,20H2. The van der Waals surface area contributed by atoms with Crippen LogP contribution in [0.4, 0.5) is 13.2 Å². The Morgan fingerprint density at radius 2 is 1.81 bits per heavy atom. The molecule has 2 aromatic rings. The molecule has 2 rings (SSSR count). The average Bonchev–Trinajstić information content (AvgIpc) is 2.45. The molecule has 0 fully saturated rings. The number of halogens is 4. The molecular formula is C15H13BrF3NO. The number of hydrogen-bond donors (Lipinski definition) is 1. The van der Waals surface area contributed by atoms with Crippen molar-refractivity contribution in [2.45, 2.75) is 12.3 Å². The van der Waals surface area contributed by atoms with E-state index in [2.05, 4.69) is 15.9 Å². The van der Waals surface area contributed by atoms with Crippen LogP contribution in [0, 0.1) is 0 Å². The zero-order valence-corrected chi connectivity index (χ0v) is 12.5. The first kappa shape index (κ1) is 15.9. The summed E-state index contributed by atoms with van der Waals surface area (Å²) in [5, 5.41) is 0. The summed E-state index contributed by atoms with van der Waals surface area (Å²) in [6.07, 6.45) is -4.92. The lowest BCUT2D eigenvalue weighted by atomic mass is 10.1. The van der Waals surface area contributed by atoms with Gasteiger partial charge in [0.2, 0.25) is 0 Å². The Balaban J connectivity index is 2.26. The number of hydrogen-bond acceptors (Lipinski definition) is 2. The summed E-state index contributed by atoms with van der Waals surface area (Å²) in [6, 6.07) is 12.1. The molecule has 21 heavy (non-hydrogen) atoms. The van der Waals surface area contributed by atoms with Gasteiger partial charge in [-0.3, -0.25) is 0 Å². The van der Waals surface area contributed by atoms with Gasteiger partial charge in [0, 0.05) is 16.6 Å². The first-order valence-corrected chi connectivity index (χ1v) is 6.99. The highest BCUT2D eigenvalue weighted by Crippen LogP contribution is 2.33. The van der Waals surface area contributed by atoms with Crippen molar-refractivity contribution in [3.8, 4) is 5.75 Å². The van der Waals surface area contributed by atoms with Crippen LogP contribution in [-0.2, 0) is 6.18 Å². The van der Waals surface area contributed by atoms with E-state index >= 15 is 0 Å². The van der Waals surface area contributed by atoms with Crippen LogP contribution in [0.5, 0.6) is 5.75 Å². The fourth-order valence-corrected chi connectivity index (χ4v) is 2.42. The van der Waals surface area contributed by atoms with Gasteiger partial charge >= 0.3 is 6.18 Å². The zero-order chi connectivity index (χ0) is 15.5. The minimum Gasteiger partial charge on any atom is -0.484 e. The largest absolute Gasteiger partial charge is 0.484 e. The van der Waals surface area contributed by atoms with Crippen molar-refractivity contribution in [3.63, 3.8) is 0 Å². The van der Waals surface area contributed by atoms with E-state index < -0.39 is 17.8 Å². The smallest absolute Gasteiger partial charge is 0.416 e. The molecule has 0 spiro atoms. The molecular weight excluding hydrogens is 347 g/mol. The topological polar surface area (TPSA) is 35.2 Å². The van der Waals surface area contributed by atoms with Crippen molar-refractivity contribution in [1.82, 2.24) is 0 Å². The lowest BCUT2D eigenvalue weighted by Crippen LogP contribution is -2.19. The number of rotatable bonds is 4. The summed E-state index contributed by atoms with van der Waals surface area (Å²) < 4.78 is 44.5. The average molecular weight is 360 g/mol. The Hall–Kier alpha value is -1.53. The Labute approximate surface area is 128 Å². The molecule has 0 radical (unpaired) electrons. The van der Waals surface area contributed by atoms with Gasteiger partial charge in [-0.1, -0.05) is 40.2 Å². The Morgan fingerprint density at radius 3 is 2.43 bits per heavy atom. The lowest BCUT2D eigenvalue weighted by Gasteiger charge is -2.19. The molecule has 0 saturated carbocycles. The van der Waals surface area contributed by atoms with E-state index in [0.29, 0.717) is 0 Å². The van der Waals surface area contributed by atoms with Crippen LogP contribution in [0.3, 0.4) is 0 Å². The molecule has 0 heterocycles. The Kier molecular flexibility index (Phi) is 4.90. The van der Waals surface area contributed by atoms with Crippen molar-refractivity contribution in [3.05, 3.63) is 64.1 Å². The molecule has 1 unspecified atom stereocenters. The summed E-state index contributed by atoms with van der Waals surface area (Å²) in [5.74, 6) is 0.135. The van der Waals surface area contributed by atoms with Crippen molar-refractivity contribution in [1.29, 1.82) is 0 Å². The quantitative estimate of drug-likeness (QED) is 0.869. The van der Waals surface area contributed by atoms with Crippen molar-refractivity contribution >= 4 is 15.9 Å². The number of nitrogens with two attached hydrogens (primary N) is 1. The monoisotopic (exact) mass is 359 g/mol. The molecule has 0 saturated heterocycles. The van der Waals surface area contributed by atoms with E-state index in [9.17, 15) is 13.2 Å². The maximum absolute atomic E-state index is 12.7. The van der Waals surface area contributed by atoms with E-state index in [4.69, 9.17) is 10.5 Å². The van der Waals surface area contributed by atoms with Gasteiger partial charge in [0.15, 0.2) is 0 Å². The molecule has 0 aliphatic rings. The minimum atomic E-state index is -4.40. The third-order valence-electron chi connectivity index (χ3n) is 2.91. The summed E-state index contributed by atoms with van der Waals surface area (Å²) in [6.45, 7) is 0.152. The Bertz CT molecular complexity index is 616. The van der Waals surface area contributed by atoms with Gasteiger partial charge in [0.1, 0.15) is 11.9 Å². The molecule has 1 atom stereocenters. The first-order valence-electron chi connectivity index (χ1n) is 6.20. The maximum Gasteiger partial charge on any atom is 0.416 e. The fourth-order valence-electron chi connectivity index (χ4n) is 1.88. The van der Waals surface area contributed by atoms with Gasteiger partial charge < -0.3 is 10.5 Å². The van der Waals surface area contributed by atoms with Crippen molar-refractivity contribution in [2.24, 2.45) is 5.73 Å². The second-order valence-corrected chi connectivity index (χ2v) is 5.24. The van der Waals surface area contributed by atoms with Gasteiger partial charge in [0.05, 0.1) is 5.56 Å². The van der Waals surface area contributed by atoms with Crippen LogP contribution in [-0.4, -0.2) is 6.54 Å². The third-order valence-corrected chi connectivity index (χ3v) is 3.63. The van der Waals surface area contributed by atoms with Gasteiger partial charge in [0.25, 0.3) is 0 Å². The molecule has 0 amide bonds. The van der Waals surface area contributed by atoms with Crippen LogP contribution in [0.2, 0.25) is 0 Å². The second kappa shape index (κ2) is 6.49. The normalized spacial score (nSPS) is 13.0. The van der Waals surface area contributed by atoms with Crippen LogP contribution in [0.15, 0.2) is 53.0 Å². The first-order chi connectivity index (χ1) is 9.91. The second-order valence-electron chi connectivity index (χ2n) is 4.39. The molecule has 6 heteroatoms. The molecule has 2 aromatic carbocycles. The summed E-state index contributed by atoms with van der Waals surface area (Å²) in [4.78, 5) is 0. The van der Waals surface area contributed by atoms with E-state index in [0.717, 1.165) is 22.2 Å². The van der Waals surface area contributed by atoms with Crippen LogP contribution >= 0.6 is 15.9 Å². The molecule has 0 aliphatic carbocycles. The zero-order valence-electron chi connectivity index (χ0n) is 10.9. The van der Waals surface area contributed by atoms with E-state index in [1.54, 1.807) is 0 Å². The van der Waals surface area contributed by atoms with Crippen molar-refractivity contribution < 1.29 is 17.9 Å². The van der Waals surface area contributed by atoms with Gasteiger partial charge in [-0.05, 0) is 24.3 Å². The molecule has 112 valence electrons. The van der Waals surface area contributed by atoms with Crippen LogP contribution < -0.4 is 10.5 Å². The number of benzene rings is 2. The van der Waals surface area contributed by atoms with E-state index in [-0.39, 0.29) is 12.3 Å². The molecule has 0 aromatic heterocycles.